The number of aromatic nitrogens is 1. The number of carbonyl (C=O) groups is 1. The number of benzene rings is 1. The molecule has 1 atom stereocenters. The number of halogens is 2. The highest BCUT2D eigenvalue weighted by atomic mass is 32.2. The number of carbonyl (C=O) groups excluding carboxylic acids is 1. The minimum absolute atomic E-state index is 0.000338. The van der Waals surface area contributed by atoms with Crippen LogP contribution in [0.3, 0.4) is 0 Å². The third-order valence-corrected chi connectivity index (χ3v) is 6.12. The van der Waals surface area contributed by atoms with Crippen molar-refractivity contribution in [2.24, 2.45) is 10.7 Å². The minimum atomic E-state index is -3.22. The highest BCUT2D eigenvalue weighted by Crippen LogP contribution is 2.52. The van der Waals surface area contributed by atoms with Gasteiger partial charge in [-0.05, 0) is 29.7 Å². The van der Waals surface area contributed by atoms with E-state index in [1.807, 2.05) is 0 Å². The molecule has 0 bridgehead atoms. The molecule has 2 N–H and O–H groups in total. The number of nitrogens with two attached hydrogens (primary N) is 1. The first-order chi connectivity index (χ1) is 13.8. The molecular weight excluding hydrogens is 398 g/mol. The maximum Gasteiger partial charge on any atom is 0.310 e. The van der Waals surface area contributed by atoms with Crippen molar-refractivity contribution >= 4 is 29.3 Å². The second kappa shape index (κ2) is 7.12. The van der Waals surface area contributed by atoms with E-state index in [0.29, 0.717) is 27.5 Å². The standard InChI is InChI=1S/C20H16F2N4O2S/c1-24-13-3-4-15(25-10-13)16(27)9-12-2-5-17-14(8-12)19(6-7-29-17)20(21,22)11-28-18(23)26-19/h2-5,8,10H,6-7,9,11H2,(H2,23,26)/t19-/m1/s1. The predicted molar refractivity (Wildman–Crippen MR) is 105 cm³/mol. The van der Waals surface area contributed by atoms with E-state index in [1.54, 1.807) is 18.2 Å². The van der Waals surface area contributed by atoms with Crippen LogP contribution in [-0.2, 0) is 16.7 Å². The summed E-state index contributed by atoms with van der Waals surface area (Å²) in [5, 5.41) is 0. The van der Waals surface area contributed by atoms with Gasteiger partial charge in [0.1, 0.15) is 5.69 Å². The van der Waals surface area contributed by atoms with Gasteiger partial charge < -0.3 is 10.5 Å². The summed E-state index contributed by atoms with van der Waals surface area (Å²) in [6.45, 7) is 6.11. The zero-order valence-electron chi connectivity index (χ0n) is 15.2. The third kappa shape index (κ3) is 3.34. The van der Waals surface area contributed by atoms with E-state index in [4.69, 9.17) is 17.0 Å². The molecule has 0 saturated carbocycles. The smallest absolute Gasteiger partial charge is 0.310 e. The molecule has 29 heavy (non-hydrogen) atoms. The Morgan fingerprint density at radius 1 is 1.34 bits per heavy atom. The Hall–Kier alpha value is -2.99. The summed E-state index contributed by atoms with van der Waals surface area (Å²) in [7, 11) is 0. The Bertz CT molecular complexity index is 1050. The van der Waals surface area contributed by atoms with Gasteiger partial charge in [0.2, 0.25) is 5.69 Å². The first kappa shape index (κ1) is 19.3. The fourth-order valence-electron chi connectivity index (χ4n) is 3.55. The van der Waals surface area contributed by atoms with Crippen LogP contribution >= 0.6 is 11.8 Å². The summed E-state index contributed by atoms with van der Waals surface area (Å²) in [6.07, 6.45) is 1.46. The number of hydrogen-bond donors (Lipinski definition) is 1. The van der Waals surface area contributed by atoms with Crippen molar-refractivity contribution in [3.8, 4) is 0 Å². The van der Waals surface area contributed by atoms with Gasteiger partial charge in [-0.1, -0.05) is 18.2 Å². The van der Waals surface area contributed by atoms with Crippen molar-refractivity contribution in [1.29, 1.82) is 0 Å². The van der Waals surface area contributed by atoms with Crippen LogP contribution in [0.15, 0.2) is 46.4 Å². The summed E-state index contributed by atoms with van der Waals surface area (Å²) < 4.78 is 34.7. The van der Waals surface area contributed by atoms with E-state index >= 15 is 0 Å². The fraction of sp³-hybridized carbons (Fsp3) is 0.300. The second-order valence-corrected chi connectivity index (χ2v) is 7.98. The first-order valence-electron chi connectivity index (χ1n) is 8.83. The molecule has 0 radical (unpaired) electrons. The number of amidine groups is 1. The van der Waals surface area contributed by atoms with Crippen LogP contribution in [0, 0.1) is 6.57 Å². The number of aliphatic imine (C=N–C) groups is 1. The van der Waals surface area contributed by atoms with Gasteiger partial charge in [-0.2, -0.15) is 8.78 Å². The van der Waals surface area contributed by atoms with Gasteiger partial charge in [-0.3, -0.25) is 9.78 Å². The highest BCUT2D eigenvalue weighted by Gasteiger charge is 2.59. The van der Waals surface area contributed by atoms with Gasteiger partial charge in [0.05, 0.1) is 6.57 Å². The van der Waals surface area contributed by atoms with E-state index in [1.165, 1.54) is 30.1 Å². The SMILES string of the molecule is [C-]#[N+]c1ccc(C(=O)Cc2ccc3c(c2)[C@@]2(CCS3)N=C(N)OCC2(F)F)nc1. The van der Waals surface area contributed by atoms with Crippen LogP contribution in [0.1, 0.15) is 28.0 Å². The minimum Gasteiger partial charge on any atom is -0.459 e. The lowest BCUT2D eigenvalue weighted by Gasteiger charge is -2.43. The molecule has 4 rings (SSSR count). The van der Waals surface area contributed by atoms with Crippen LogP contribution in [0.2, 0.25) is 0 Å². The summed E-state index contributed by atoms with van der Waals surface area (Å²) >= 11 is 1.48. The number of ketones is 1. The van der Waals surface area contributed by atoms with Crippen molar-refractivity contribution in [2.75, 3.05) is 12.4 Å². The summed E-state index contributed by atoms with van der Waals surface area (Å²) in [4.78, 5) is 24.6. The van der Waals surface area contributed by atoms with Crippen molar-refractivity contribution < 1.29 is 18.3 Å². The lowest BCUT2D eigenvalue weighted by molar-refractivity contribution is -0.124. The molecule has 2 aliphatic heterocycles. The van der Waals surface area contributed by atoms with Crippen LogP contribution < -0.4 is 5.73 Å². The molecule has 0 amide bonds. The number of fused-ring (bicyclic) bond motifs is 2. The number of pyridine rings is 1. The number of thioether (sulfide) groups is 1. The van der Waals surface area contributed by atoms with Crippen LogP contribution in [0.25, 0.3) is 4.85 Å². The summed E-state index contributed by atoms with van der Waals surface area (Å²) in [5.41, 5.74) is 5.37. The highest BCUT2D eigenvalue weighted by molar-refractivity contribution is 7.99. The quantitative estimate of drug-likeness (QED) is 0.611. The first-order valence-corrected chi connectivity index (χ1v) is 9.82. The maximum atomic E-state index is 14.9. The molecule has 9 heteroatoms. The zero-order chi connectivity index (χ0) is 20.6. The third-order valence-electron chi connectivity index (χ3n) is 5.05. The van der Waals surface area contributed by atoms with Gasteiger partial charge in [-0.25, -0.2) is 9.84 Å². The lowest BCUT2D eigenvalue weighted by atomic mass is 9.80. The predicted octanol–water partition coefficient (Wildman–Crippen LogP) is 3.73. The Balaban J connectivity index is 1.69. The van der Waals surface area contributed by atoms with Crippen LogP contribution in [0.4, 0.5) is 14.5 Å². The van der Waals surface area contributed by atoms with E-state index < -0.39 is 18.1 Å². The second-order valence-electron chi connectivity index (χ2n) is 6.85. The lowest BCUT2D eigenvalue weighted by Crippen LogP contribution is -2.54. The van der Waals surface area contributed by atoms with Crippen molar-refractivity contribution in [3.63, 3.8) is 0 Å². The number of Topliss-reactive ketones (excluding diaryl/α,β-unsaturated/α-hetero) is 1. The Morgan fingerprint density at radius 2 is 2.17 bits per heavy atom. The van der Waals surface area contributed by atoms with Crippen molar-refractivity contribution in [2.45, 2.75) is 29.2 Å². The van der Waals surface area contributed by atoms with E-state index in [2.05, 4.69) is 14.8 Å². The van der Waals surface area contributed by atoms with Crippen LogP contribution in [-0.4, -0.2) is 35.1 Å². The molecule has 0 unspecified atom stereocenters. The molecule has 148 valence electrons. The molecule has 2 aliphatic rings. The van der Waals surface area contributed by atoms with Crippen LogP contribution in [0.5, 0.6) is 0 Å². The number of ether oxygens (including phenoxy) is 1. The number of alkyl halides is 2. The van der Waals surface area contributed by atoms with E-state index in [9.17, 15) is 13.6 Å². The maximum absolute atomic E-state index is 14.9. The van der Waals surface area contributed by atoms with Gasteiger partial charge >= 0.3 is 5.92 Å². The van der Waals surface area contributed by atoms with Crippen molar-refractivity contribution in [1.82, 2.24) is 4.98 Å². The largest absolute Gasteiger partial charge is 0.459 e. The van der Waals surface area contributed by atoms with Gasteiger partial charge in [0.25, 0.3) is 6.02 Å². The molecule has 2 aromatic rings. The number of rotatable bonds is 3. The van der Waals surface area contributed by atoms with Gasteiger partial charge in [0.15, 0.2) is 17.9 Å². The Morgan fingerprint density at radius 3 is 2.90 bits per heavy atom. The molecule has 1 spiro atoms. The Labute approximate surface area is 170 Å². The molecule has 0 saturated heterocycles. The van der Waals surface area contributed by atoms with Crippen molar-refractivity contribution in [3.05, 3.63) is 64.8 Å². The number of nitrogens with zero attached hydrogens (tertiary/aromatic N) is 3. The van der Waals surface area contributed by atoms with Gasteiger partial charge in [0, 0.05) is 23.3 Å². The summed E-state index contributed by atoms with van der Waals surface area (Å²) in [6, 6.07) is 7.87. The monoisotopic (exact) mass is 414 g/mol. The summed E-state index contributed by atoms with van der Waals surface area (Å²) in [5.74, 6) is -3.00. The van der Waals surface area contributed by atoms with E-state index in [-0.39, 0.29) is 30.3 Å². The van der Waals surface area contributed by atoms with E-state index in [0.717, 1.165) is 0 Å². The molecule has 3 heterocycles. The number of hydrogen-bond acceptors (Lipinski definition) is 6. The molecule has 1 aromatic carbocycles. The molecule has 6 nitrogen and oxygen atoms in total. The fourth-order valence-corrected chi connectivity index (χ4v) is 4.72. The topological polar surface area (TPSA) is 81.9 Å². The molecular formula is C20H16F2N4O2S. The molecule has 0 fully saturated rings. The molecule has 0 aliphatic carbocycles. The zero-order valence-corrected chi connectivity index (χ0v) is 16.0. The Kier molecular flexibility index (Phi) is 4.74. The normalized spacial score (nSPS) is 22.2. The average Bonchev–Trinajstić information content (AvgIpc) is 2.72. The van der Waals surface area contributed by atoms with Gasteiger partial charge in [-0.15, -0.1) is 11.8 Å². The average molecular weight is 414 g/mol. The molecule has 1 aromatic heterocycles.